The molecular weight excluding hydrogens is 327 g/mol. The molecule has 0 N–H and O–H groups in total. The highest BCUT2D eigenvalue weighted by Crippen LogP contribution is 2.14. The number of nitrogens with zero attached hydrogens (tertiary/aromatic N) is 2. The molecule has 0 saturated heterocycles. The normalized spacial score (nSPS) is 10.6. The van der Waals surface area contributed by atoms with Gasteiger partial charge in [0.05, 0.1) is 17.2 Å². The van der Waals surface area contributed by atoms with Gasteiger partial charge in [-0.05, 0) is 24.3 Å². The quantitative estimate of drug-likeness (QED) is 0.507. The first kappa shape index (κ1) is 16.6. The minimum Gasteiger partial charge on any atom is -0.487 e. The minimum absolute atomic E-state index is 0.0115. The standard InChI is InChI=1S/C18H15FN2O4/c19-14-6-2-4-8-16(14)24-9-10-25-17(22)11-21-12-20-15-7-3-1-5-13(15)18(21)23/h1-8,12H,9-11H2. The van der Waals surface area contributed by atoms with E-state index >= 15 is 0 Å². The molecular formula is C18H15FN2O4. The summed E-state index contributed by atoms with van der Waals surface area (Å²) in [6.45, 7) is -0.295. The van der Waals surface area contributed by atoms with Gasteiger partial charge in [-0.25, -0.2) is 9.37 Å². The Bertz CT molecular complexity index is 955. The van der Waals surface area contributed by atoms with Crippen molar-refractivity contribution in [1.29, 1.82) is 0 Å². The van der Waals surface area contributed by atoms with Crippen molar-refractivity contribution in [3.63, 3.8) is 0 Å². The summed E-state index contributed by atoms with van der Waals surface area (Å²) in [6.07, 6.45) is 1.31. The molecule has 0 fully saturated rings. The van der Waals surface area contributed by atoms with E-state index in [0.29, 0.717) is 10.9 Å². The number of hydrogen-bond donors (Lipinski definition) is 0. The molecule has 3 aromatic rings. The predicted molar refractivity (Wildman–Crippen MR) is 88.9 cm³/mol. The second kappa shape index (κ2) is 7.57. The van der Waals surface area contributed by atoms with Crippen LogP contribution in [-0.4, -0.2) is 28.7 Å². The monoisotopic (exact) mass is 342 g/mol. The zero-order valence-corrected chi connectivity index (χ0v) is 13.2. The third kappa shape index (κ3) is 4.00. The van der Waals surface area contributed by atoms with E-state index in [0.717, 1.165) is 0 Å². The van der Waals surface area contributed by atoms with E-state index < -0.39 is 11.8 Å². The number of rotatable bonds is 6. The molecule has 0 saturated carbocycles. The van der Waals surface area contributed by atoms with Crippen LogP contribution in [0.5, 0.6) is 5.75 Å². The number of aromatic nitrogens is 2. The highest BCUT2D eigenvalue weighted by atomic mass is 19.1. The Morgan fingerprint density at radius 3 is 2.68 bits per heavy atom. The maximum absolute atomic E-state index is 13.4. The summed E-state index contributed by atoms with van der Waals surface area (Å²) >= 11 is 0. The summed E-state index contributed by atoms with van der Waals surface area (Å²) in [4.78, 5) is 28.2. The zero-order chi connectivity index (χ0) is 17.6. The molecule has 1 aromatic heterocycles. The van der Waals surface area contributed by atoms with Crippen molar-refractivity contribution in [2.24, 2.45) is 0 Å². The van der Waals surface area contributed by atoms with E-state index in [4.69, 9.17) is 9.47 Å². The molecule has 0 amide bonds. The smallest absolute Gasteiger partial charge is 0.326 e. The molecule has 0 bridgehead atoms. The van der Waals surface area contributed by atoms with E-state index in [2.05, 4.69) is 4.98 Å². The molecule has 3 rings (SSSR count). The number of halogens is 1. The van der Waals surface area contributed by atoms with Crippen molar-refractivity contribution in [2.45, 2.75) is 6.54 Å². The average Bonchev–Trinajstić information content (AvgIpc) is 2.63. The summed E-state index contributed by atoms with van der Waals surface area (Å²) in [5.41, 5.74) is 0.251. The largest absolute Gasteiger partial charge is 0.487 e. The number of benzene rings is 2. The van der Waals surface area contributed by atoms with Crippen LogP contribution in [0.15, 0.2) is 59.7 Å². The number of para-hydroxylation sites is 2. The van der Waals surface area contributed by atoms with Gasteiger partial charge < -0.3 is 9.47 Å². The van der Waals surface area contributed by atoms with Crippen LogP contribution in [0.2, 0.25) is 0 Å². The van der Waals surface area contributed by atoms with Crippen LogP contribution < -0.4 is 10.3 Å². The third-order valence-electron chi connectivity index (χ3n) is 3.47. The number of carbonyl (C=O) groups is 1. The highest BCUT2D eigenvalue weighted by Gasteiger charge is 2.09. The molecule has 0 atom stereocenters. The first-order chi connectivity index (χ1) is 12.1. The van der Waals surface area contributed by atoms with Crippen molar-refractivity contribution in [3.8, 4) is 5.75 Å². The third-order valence-corrected chi connectivity index (χ3v) is 3.47. The first-order valence-corrected chi connectivity index (χ1v) is 7.62. The second-order valence-electron chi connectivity index (χ2n) is 5.19. The maximum Gasteiger partial charge on any atom is 0.326 e. The Morgan fingerprint density at radius 1 is 1.08 bits per heavy atom. The van der Waals surface area contributed by atoms with Gasteiger partial charge in [-0.3, -0.25) is 14.2 Å². The SMILES string of the molecule is O=C(Cn1cnc2ccccc2c1=O)OCCOc1ccccc1F. The van der Waals surface area contributed by atoms with E-state index in [1.807, 2.05) is 0 Å². The molecule has 0 aliphatic rings. The molecule has 25 heavy (non-hydrogen) atoms. The van der Waals surface area contributed by atoms with Crippen LogP contribution in [0.25, 0.3) is 10.9 Å². The van der Waals surface area contributed by atoms with Crippen molar-refractivity contribution in [2.75, 3.05) is 13.2 Å². The number of esters is 1. The van der Waals surface area contributed by atoms with E-state index in [9.17, 15) is 14.0 Å². The summed E-state index contributed by atoms with van der Waals surface area (Å²) in [6, 6.07) is 12.8. The van der Waals surface area contributed by atoms with Crippen LogP contribution in [0, 0.1) is 5.82 Å². The zero-order valence-electron chi connectivity index (χ0n) is 13.2. The lowest BCUT2D eigenvalue weighted by Crippen LogP contribution is -2.26. The Morgan fingerprint density at radius 2 is 1.84 bits per heavy atom. The first-order valence-electron chi connectivity index (χ1n) is 7.62. The van der Waals surface area contributed by atoms with Crippen molar-refractivity contribution in [3.05, 3.63) is 71.0 Å². The van der Waals surface area contributed by atoms with Crippen LogP contribution >= 0.6 is 0 Å². The maximum atomic E-state index is 13.4. The fourth-order valence-electron chi connectivity index (χ4n) is 2.27. The van der Waals surface area contributed by atoms with Crippen LogP contribution in [-0.2, 0) is 16.1 Å². The van der Waals surface area contributed by atoms with Gasteiger partial charge in [-0.2, -0.15) is 0 Å². The average molecular weight is 342 g/mol. The summed E-state index contributed by atoms with van der Waals surface area (Å²) in [5.74, 6) is -0.993. The Kier molecular flexibility index (Phi) is 5.03. The van der Waals surface area contributed by atoms with Gasteiger partial charge >= 0.3 is 5.97 Å². The van der Waals surface area contributed by atoms with Gasteiger partial charge in [0.25, 0.3) is 5.56 Å². The molecule has 0 aliphatic carbocycles. The lowest BCUT2D eigenvalue weighted by Gasteiger charge is -2.09. The van der Waals surface area contributed by atoms with Crippen molar-refractivity contribution >= 4 is 16.9 Å². The van der Waals surface area contributed by atoms with E-state index in [-0.39, 0.29) is 31.1 Å². The summed E-state index contributed by atoms with van der Waals surface area (Å²) in [7, 11) is 0. The molecule has 6 nitrogen and oxygen atoms in total. The topological polar surface area (TPSA) is 70.4 Å². The van der Waals surface area contributed by atoms with Gasteiger partial charge in [-0.1, -0.05) is 24.3 Å². The highest BCUT2D eigenvalue weighted by molar-refractivity contribution is 5.77. The predicted octanol–water partition coefficient (Wildman–Crippen LogP) is 2.16. The van der Waals surface area contributed by atoms with Crippen molar-refractivity contribution in [1.82, 2.24) is 9.55 Å². The summed E-state index contributed by atoms with van der Waals surface area (Å²) < 4.78 is 24.7. The van der Waals surface area contributed by atoms with E-state index in [1.54, 1.807) is 36.4 Å². The molecule has 1 heterocycles. The van der Waals surface area contributed by atoms with Gasteiger partial charge in [-0.15, -0.1) is 0 Å². The molecule has 128 valence electrons. The number of hydrogen-bond acceptors (Lipinski definition) is 5. The van der Waals surface area contributed by atoms with Crippen LogP contribution in [0.3, 0.4) is 0 Å². The minimum atomic E-state index is -0.601. The molecule has 0 radical (unpaired) electrons. The molecule has 2 aromatic carbocycles. The number of ether oxygens (including phenoxy) is 2. The number of carbonyl (C=O) groups excluding carboxylic acids is 1. The fourth-order valence-corrected chi connectivity index (χ4v) is 2.27. The molecule has 0 unspecified atom stereocenters. The molecule has 0 aliphatic heterocycles. The van der Waals surface area contributed by atoms with Crippen LogP contribution in [0.1, 0.15) is 0 Å². The Hall–Kier alpha value is -3.22. The van der Waals surface area contributed by atoms with Gasteiger partial charge in [0.1, 0.15) is 19.8 Å². The fraction of sp³-hybridized carbons (Fsp3) is 0.167. The second-order valence-corrected chi connectivity index (χ2v) is 5.19. The number of fused-ring (bicyclic) bond motifs is 1. The Balaban J connectivity index is 1.54. The van der Waals surface area contributed by atoms with Crippen molar-refractivity contribution < 1.29 is 18.7 Å². The molecule has 0 spiro atoms. The Labute approximate surface area is 142 Å². The lowest BCUT2D eigenvalue weighted by molar-refractivity contribution is -0.145. The lowest BCUT2D eigenvalue weighted by atomic mass is 10.2. The van der Waals surface area contributed by atoms with Gasteiger partial charge in [0, 0.05) is 0 Å². The van der Waals surface area contributed by atoms with E-state index in [1.165, 1.54) is 23.0 Å². The van der Waals surface area contributed by atoms with Crippen LogP contribution in [0.4, 0.5) is 4.39 Å². The van der Waals surface area contributed by atoms with Gasteiger partial charge in [0.15, 0.2) is 11.6 Å². The van der Waals surface area contributed by atoms with Gasteiger partial charge in [0.2, 0.25) is 0 Å². The summed E-state index contributed by atoms with van der Waals surface area (Å²) in [5, 5.41) is 0.431. The molecule has 7 heteroatoms.